The third-order valence-electron chi connectivity index (χ3n) is 2.66. The van der Waals surface area contributed by atoms with Gasteiger partial charge in [0, 0.05) is 12.0 Å². The highest BCUT2D eigenvalue weighted by Crippen LogP contribution is 2.29. The molecule has 0 atom stereocenters. The van der Waals surface area contributed by atoms with Crippen LogP contribution in [-0.4, -0.2) is 18.0 Å². The lowest BCUT2D eigenvalue weighted by Crippen LogP contribution is -2.42. The van der Waals surface area contributed by atoms with Gasteiger partial charge in [-0.3, -0.25) is 4.79 Å². The van der Waals surface area contributed by atoms with Crippen LogP contribution in [0.25, 0.3) is 0 Å². The highest BCUT2D eigenvalue weighted by atomic mass is 16.1. The zero-order valence-corrected chi connectivity index (χ0v) is 8.73. The Morgan fingerprint density at radius 1 is 1.50 bits per heavy atom. The second kappa shape index (κ2) is 5.02. The second-order valence-electron chi connectivity index (χ2n) is 3.95. The Hall–Kier alpha value is -1.01. The maximum atomic E-state index is 11.4. The SMILES string of the molecule is CC#CCNC(=O)CC1(N)CCCC1. The van der Waals surface area contributed by atoms with Gasteiger partial charge >= 0.3 is 0 Å². The lowest BCUT2D eigenvalue weighted by molar-refractivity contribution is -0.122. The van der Waals surface area contributed by atoms with E-state index in [0.717, 1.165) is 25.7 Å². The molecule has 3 heteroatoms. The fourth-order valence-electron chi connectivity index (χ4n) is 1.87. The summed E-state index contributed by atoms with van der Waals surface area (Å²) in [5, 5.41) is 2.74. The Bertz CT molecular complexity index is 256. The van der Waals surface area contributed by atoms with Gasteiger partial charge in [-0.1, -0.05) is 18.8 Å². The Morgan fingerprint density at radius 2 is 2.14 bits per heavy atom. The van der Waals surface area contributed by atoms with Crippen LogP contribution in [0.15, 0.2) is 0 Å². The van der Waals surface area contributed by atoms with Crippen molar-refractivity contribution in [2.24, 2.45) is 5.73 Å². The van der Waals surface area contributed by atoms with Crippen molar-refractivity contribution in [2.45, 2.75) is 44.6 Å². The molecular formula is C11H18N2O. The largest absolute Gasteiger partial charge is 0.345 e. The van der Waals surface area contributed by atoms with Crippen LogP contribution in [0.5, 0.6) is 0 Å². The monoisotopic (exact) mass is 194 g/mol. The van der Waals surface area contributed by atoms with Crippen LogP contribution in [0.3, 0.4) is 0 Å². The van der Waals surface area contributed by atoms with E-state index in [1.54, 1.807) is 6.92 Å². The van der Waals surface area contributed by atoms with Gasteiger partial charge in [-0.15, -0.1) is 5.92 Å². The van der Waals surface area contributed by atoms with E-state index < -0.39 is 0 Å². The minimum absolute atomic E-state index is 0.0251. The number of hydrogen-bond donors (Lipinski definition) is 2. The fourth-order valence-corrected chi connectivity index (χ4v) is 1.87. The molecule has 0 heterocycles. The molecule has 1 rings (SSSR count). The summed E-state index contributed by atoms with van der Waals surface area (Å²) >= 11 is 0. The maximum Gasteiger partial charge on any atom is 0.222 e. The van der Waals surface area contributed by atoms with Crippen molar-refractivity contribution in [1.82, 2.24) is 5.32 Å². The van der Waals surface area contributed by atoms with Gasteiger partial charge in [0.05, 0.1) is 6.54 Å². The molecule has 0 radical (unpaired) electrons. The first-order valence-electron chi connectivity index (χ1n) is 5.11. The molecule has 78 valence electrons. The molecule has 0 unspecified atom stereocenters. The Labute approximate surface area is 85.4 Å². The van der Waals surface area contributed by atoms with E-state index >= 15 is 0 Å². The fraction of sp³-hybridized carbons (Fsp3) is 0.727. The molecule has 3 nitrogen and oxygen atoms in total. The van der Waals surface area contributed by atoms with E-state index in [0.29, 0.717) is 13.0 Å². The highest BCUT2D eigenvalue weighted by molar-refractivity contribution is 5.77. The van der Waals surface area contributed by atoms with Crippen molar-refractivity contribution in [3.63, 3.8) is 0 Å². The van der Waals surface area contributed by atoms with Crippen LogP contribution in [-0.2, 0) is 4.79 Å². The summed E-state index contributed by atoms with van der Waals surface area (Å²) in [5.74, 6) is 5.55. The smallest absolute Gasteiger partial charge is 0.222 e. The average molecular weight is 194 g/mol. The topological polar surface area (TPSA) is 55.1 Å². The predicted octanol–water partition coefficient (Wildman–Crippen LogP) is 0.787. The zero-order chi connectivity index (χ0) is 10.4. The van der Waals surface area contributed by atoms with Gasteiger partial charge in [0.2, 0.25) is 5.91 Å². The lowest BCUT2D eigenvalue weighted by Gasteiger charge is -2.22. The summed E-state index contributed by atoms with van der Waals surface area (Å²) in [5.41, 5.74) is 5.82. The number of carbonyl (C=O) groups excluding carboxylic acids is 1. The van der Waals surface area contributed by atoms with Crippen molar-refractivity contribution >= 4 is 5.91 Å². The summed E-state index contributed by atoms with van der Waals surface area (Å²) in [4.78, 5) is 11.4. The molecule has 0 aromatic heterocycles. The Balaban J connectivity index is 2.27. The van der Waals surface area contributed by atoms with Crippen molar-refractivity contribution in [3.05, 3.63) is 0 Å². The van der Waals surface area contributed by atoms with E-state index in [1.807, 2.05) is 0 Å². The lowest BCUT2D eigenvalue weighted by atomic mass is 9.94. The molecule has 0 bridgehead atoms. The summed E-state index contributed by atoms with van der Waals surface area (Å²) in [6, 6.07) is 0. The number of carbonyl (C=O) groups is 1. The molecular weight excluding hydrogens is 176 g/mol. The third kappa shape index (κ3) is 3.39. The predicted molar refractivity (Wildman–Crippen MR) is 56.5 cm³/mol. The van der Waals surface area contributed by atoms with Crippen LogP contribution in [0.4, 0.5) is 0 Å². The van der Waals surface area contributed by atoms with Gasteiger partial charge in [-0.2, -0.15) is 0 Å². The van der Waals surface area contributed by atoms with Crippen LogP contribution < -0.4 is 11.1 Å². The van der Waals surface area contributed by atoms with Crippen molar-refractivity contribution in [2.75, 3.05) is 6.54 Å². The maximum absolute atomic E-state index is 11.4. The van der Waals surface area contributed by atoms with Gasteiger partial charge < -0.3 is 11.1 Å². The van der Waals surface area contributed by atoms with E-state index in [2.05, 4.69) is 17.2 Å². The molecule has 3 N–H and O–H groups in total. The molecule has 1 aliphatic rings. The van der Waals surface area contributed by atoms with Gasteiger partial charge in [-0.05, 0) is 19.8 Å². The number of amides is 1. The highest BCUT2D eigenvalue weighted by Gasteiger charge is 2.31. The van der Waals surface area contributed by atoms with Crippen LogP contribution >= 0.6 is 0 Å². The Kier molecular flexibility index (Phi) is 3.97. The van der Waals surface area contributed by atoms with E-state index in [1.165, 1.54) is 0 Å². The van der Waals surface area contributed by atoms with Crippen LogP contribution in [0.2, 0.25) is 0 Å². The molecule has 0 aromatic carbocycles. The second-order valence-corrected chi connectivity index (χ2v) is 3.95. The summed E-state index contributed by atoms with van der Waals surface area (Å²) < 4.78 is 0. The van der Waals surface area contributed by atoms with Crippen LogP contribution in [0, 0.1) is 11.8 Å². The molecule has 1 saturated carbocycles. The first kappa shape index (κ1) is 11.1. The molecule has 1 aliphatic carbocycles. The van der Waals surface area contributed by atoms with Crippen LogP contribution in [0.1, 0.15) is 39.0 Å². The number of rotatable bonds is 3. The number of hydrogen-bond acceptors (Lipinski definition) is 2. The summed E-state index contributed by atoms with van der Waals surface area (Å²) in [6.07, 6.45) is 4.69. The van der Waals surface area contributed by atoms with E-state index in [4.69, 9.17) is 5.73 Å². The molecule has 0 aromatic rings. The van der Waals surface area contributed by atoms with E-state index in [-0.39, 0.29) is 11.4 Å². The zero-order valence-electron chi connectivity index (χ0n) is 8.73. The summed E-state index contributed by atoms with van der Waals surface area (Å²) in [6.45, 7) is 2.19. The molecule has 14 heavy (non-hydrogen) atoms. The van der Waals surface area contributed by atoms with Gasteiger partial charge in [0.15, 0.2) is 0 Å². The van der Waals surface area contributed by atoms with Gasteiger partial charge in [-0.25, -0.2) is 0 Å². The minimum atomic E-state index is -0.246. The normalized spacial score (nSPS) is 18.4. The molecule has 0 aliphatic heterocycles. The molecule has 1 fully saturated rings. The summed E-state index contributed by atoms with van der Waals surface area (Å²) in [7, 11) is 0. The quantitative estimate of drug-likeness (QED) is 0.652. The third-order valence-corrected chi connectivity index (χ3v) is 2.66. The standard InChI is InChI=1S/C11H18N2O/c1-2-3-8-13-10(14)9-11(12)6-4-5-7-11/h4-9,12H2,1H3,(H,13,14). The van der Waals surface area contributed by atoms with Crippen molar-refractivity contribution in [3.8, 4) is 11.8 Å². The van der Waals surface area contributed by atoms with Gasteiger partial charge in [0.25, 0.3) is 0 Å². The molecule has 0 saturated heterocycles. The Morgan fingerprint density at radius 3 is 2.71 bits per heavy atom. The first-order chi connectivity index (χ1) is 6.66. The van der Waals surface area contributed by atoms with Gasteiger partial charge in [0.1, 0.15) is 0 Å². The number of nitrogens with two attached hydrogens (primary N) is 1. The van der Waals surface area contributed by atoms with Crippen molar-refractivity contribution in [1.29, 1.82) is 0 Å². The van der Waals surface area contributed by atoms with Crippen molar-refractivity contribution < 1.29 is 4.79 Å². The minimum Gasteiger partial charge on any atom is -0.345 e. The first-order valence-corrected chi connectivity index (χ1v) is 5.11. The molecule has 0 spiro atoms. The number of nitrogens with one attached hydrogen (secondary N) is 1. The molecule has 1 amide bonds. The van der Waals surface area contributed by atoms with E-state index in [9.17, 15) is 4.79 Å². The average Bonchev–Trinajstić information content (AvgIpc) is 2.52.